The summed E-state index contributed by atoms with van der Waals surface area (Å²) in [7, 11) is -3.35. The van der Waals surface area contributed by atoms with Crippen molar-refractivity contribution in [2.75, 3.05) is 30.8 Å². The van der Waals surface area contributed by atoms with E-state index in [2.05, 4.69) is 0 Å². The van der Waals surface area contributed by atoms with Crippen molar-refractivity contribution in [2.24, 2.45) is 5.92 Å². The predicted molar refractivity (Wildman–Crippen MR) is 86.2 cm³/mol. The number of hydrogen-bond donors (Lipinski definition) is 0. The third-order valence-corrected chi connectivity index (χ3v) is 5.97. The maximum Gasteiger partial charge on any atom is 0.231 e. The summed E-state index contributed by atoms with van der Waals surface area (Å²) in [5, 5.41) is 0. The van der Waals surface area contributed by atoms with Gasteiger partial charge in [0.05, 0.1) is 17.9 Å². The van der Waals surface area contributed by atoms with E-state index < -0.39 is 27.6 Å². The molecular weight excluding hydrogens is 338 g/mol. The molecule has 0 aromatic heterocycles. The highest BCUT2D eigenvalue weighted by atomic mass is 32.2. The van der Waals surface area contributed by atoms with E-state index in [9.17, 15) is 22.0 Å². The Kier molecular flexibility index (Phi) is 4.61. The summed E-state index contributed by atoms with van der Waals surface area (Å²) < 4.78 is 52.3. The molecule has 0 radical (unpaired) electrons. The van der Waals surface area contributed by atoms with Crippen molar-refractivity contribution in [3.63, 3.8) is 0 Å². The van der Waals surface area contributed by atoms with Crippen molar-refractivity contribution in [3.05, 3.63) is 29.3 Å². The van der Waals surface area contributed by atoms with Gasteiger partial charge in [0.1, 0.15) is 11.6 Å². The number of fused-ring (bicyclic) bond motifs is 1. The normalized spacial score (nSPS) is 22.3. The zero-order valence-corrected chi connectivity index (χ0v) is 14.3. The molecule has 1 fully saturated rings. The number of sulfonamides is 1. The fraction of sp³-hybridized carbons (Fsp3) is 0.562. The lowest BCUT2D eigenvalue weighted by Gasteiger charge is -2.36. The monoisotopic (exact) mass is 358 g/mol. The molecule has 1 amide bonds. The van der Waals surface area contributed by atoms with Gasteiger partial charge >= 0.3 is 0 Å². The number of rotatable bonds is 2. The lowest BCUT2D eigenvalue weighted by molar-refractivity contribution is -0.123. The van der Waals surface area contributed by atoms with Gasteiger partial charge < -0.3 is 4.90 Å². The Morgan fingerprint density at radius 3 is 2.67 bits per heavy atom. The Bertz CT molecular complexity index is 767. The Morgan fingerprint density at radius 2 is 1.96 bits per heavy atom. The van der Waals surface area contributed by atoms with Crippen LogP contribution < -0.4 is 4.90 Å². The molecule has 3 rings (SSSR count). The minimum Gasteiger partial charge on any atom is -0.312 e. The van der Waals surface area contributed by atoms with E-state index in [1.54, 1.807) is 0 Å². The van der Waals surface area contributed by atoms with Gasteiger partial charge in [0, 0.05) is 31.3 Å². The number of hydrogen-bond acceptors (Lipinski definition) is 3. The highest BCUT2D eigenvalue weighted by molar-refractivity contribution is 7.88. The Morgan fingerprint density at radius 1 is 1.21 bits per heavy atom. The summed E-state index contributed by atoms with van der Waals surface area (Å²) in [6.07, 6.45) is 3.37. The van der Waals surface area contributed by atoms with Crippen LogP contribution in [0.4, 0.5) is 14.5 Å². The van der Waals surface area contributed by atoms with Gasteiger partial charge in [0.2, 0.25) is 15.9 Å². The van der Waals surface area contributed by atoms with Crippen LogP contribution in [0.2, 0.25) is 0 Å². The van der Waals surface area contributed by atoms with Crippen molar-refractivity contribution >= 4 is 21.6 Å². The number of halogens is 2. The first-order valence-corrected chi connectivity index (χ1v) is 9.86. The molecule has 2 aliphatic rings. The maximum absolute atomic E-state index is 14.0. The molecule has 0 N–H and O–H groups in total. The van der Waals surface area contributed by atoms with Crippen LogP contribution in [0.3, 0.4) is 0 Å². The molecule has 0 aliphatic carbocycles. The highest BCUT2D eigenvalue weighted by Crippen LogP contribution is 2.32. The minimum atomic E-state index is -3.35. The fourth-order valence-corrected chi connectivity index (χ4v) is 4.42. The smallest absolute Gasteiger partial charge is 0.231 e. The molecule has 2 heterocycles. The number of nitrogens with zero attached hydrogens (tertiary/aromatic N) is 2. The van der Waals surface area contributed by atoms with Gasteiger partial charge in [-0.05, 0) is 31.7 Å². The summed E-state index contributed by atoms with van der Waals surface area (Å²) in [4.78, 5) is 14.3. The average Bonchev–Trinajstić information content (AvgIpc) is 2.53. The van der Waals surface area contributed by atoms with Crippen molar-refractivity contribution in [1.29, 1.82) is 0 Å². The van der Waals surface area contributed by atoms with Crippen molar-refractivity contribution in [2.45, 2.75) is 25.7 Å². The largest absolute Gasteiger partial charge is 0.312 e. The average molecular weight is 358 g/mol. The quantitative estimate of drug-likeness (QED) is 0.812. The van der Waals surface area contributed by atoms with Gasteiger partial charge in [-0.2, -0.15) is 0 Å². The number of amides is 1. The van der Waals surface area contributed by atoms with Crippen molar-refractivity contribution < 1.29 is 22.0 Å². The maximum atomic E-state index is 14.0. The summed E-state index contributed by atoms with van der Waals surface area (Å²) >= 11 is 0. The lowest BCUT2D eigenvalue weighted by Crippen LogP contribution is -2.47. The molecule has 0 spiro atoms. The molecule has 1 saturated heterocycles. The van der Waals surface area contributed by atoms with E-state index in [1.165, 1.54) is 15.3 Å². The van der Waals surface area contributed by atoms with Gasteiger partial charge in [-0.25, -0.2) is 21.5 Å². The summed E-state index contributed by atoms with van der Waals surface area (Å²) in [6.45, 7) is 0.924. The van der Waals surface area contributed by atoms with Crippen molar-refractivity contribution in [3.8, 4) is 0 Å². The molecule has 1 atom stereocenters. The topological polar surface area (TPSA) is 57.7 Å². The Labute approximate surface area is 140 Å². The predicted octanol–water partition coefficient (Wildman–Crippen LogP) is 1.92. The number of anilines is 1. The van der Waals surface area contributed by atoms with Gasteiger partial charge in [-0.15, -0.1) is 0 Å². The second kappa shape index (κ2) is 6.40. The lowest BCUT2D eigenvalue weighted by atomic mass is 9.94. The van der Waals surface area contributed by atoms with E-state index in [0.717, 1.165) is 12.3 Å². The second-order valence-electron chi connectivity index (χ2n) is 6.44. The molecule has 0 saturated carbocycles. The summed E-state index contributed by atoms with van der Waals surface area (Å²) in [5.41, 5.74) is 0.631. The zero-order chi connectivity index (χ0) is 17.5. The molecule has 1 aromatic carbocycles. The van der Waals surface area contributed by atoms with Gasteiger partial charge in [0.25, 0.3) is 0 Å². The van der Waals surface area contributed by atoms with E-state index in [1.807, 2.05) is 0 Å². The first kappa shape index (κ1) is 17.3. The molecular formula is C16H20F2N2O3S. The van der Waals surface area contributed by atoms with Gasteiger partial charge in [-0.3, -0.25) is 4.79 Å². The number of benzene rings is 1. The molecule has 0 bridgehead atoms. The van der Waals surface area contributed by atoms with Crippen LogP contribution in [0.15, 0.2) is 12.1 Å². The molecule has 1 aromatic rings. The van der Waals surface area contributed by atoms with Crippen LogP contribution in [0.25, 0.3) is 0 Å². The van der Waals surface area contributed by atoms with Crippen LogP contribution in [0.1, 0.15) is 24.8 Å². The first-order chi connectivity index (χ1) is 11.3. The number of carbonyl (C=O) groups excluding carboxylic acids is 1. The molecule has 0 unspecified atom stereocenters. The third kappa shape index (κ3) is 3.30. The van der Waals surface area contributed by atoms with Crippen molar-refractivity contribution in [1.82, 2.24) is 4.31 Å². The van der Waals surface area contributed by atoms with Crippen LogP contribution in [-0.2, 0) is 21.2 Å². The standard InChI is InChI=1S/C16H20F2N2O3S/c1-24(22,23)19-6-2-4-11(10-19)16(21)20-7-3-5-13-14(18)8-12(17)9-15(13)20/h8-9,11H,2-7,10H2,1H3/t11-/m0/s1. The van der Waals surface area contributed by atoms with E-state index in [4.69, 9.17) is 0 Å². The minimum absolute atomic E-state index is 0.126. The molecule has 132 valence electrons. The SMILES string of the molecule is CS(=O)(=O)N1CCC[C@H](C(=O)N2CCCc3c(F)cc(F)cc32)C1. The van der Waals surface area contributed by atoms with E-state index >= 15 is 0 Å². The zero-order valence-electron chi connectivity index (χ0n) is 13.5. The summed E-state index contributed by atoms with van der Waals surface area (Å²) in [5.74, 6) is -2.09. The van der Waals surface area contributed by atoms with Crippen LogP contribution in [-0.4, -0.2) is 44.5 Å². The Balaban J connectivity index is 1.87. The molecule has 2 aliphatic heterocycles. The molecule has 24 heavy (non-hydrogen) atoms. The second-order valence-corrected chi connectivity index (χ2v) is 8.42. The number of piperidine rings is 1. The van der Waals surface area contributed by atoms with Gasteiger partial charge in [0.15, 0.2) is 0 Å². The third-order valence-electron chi connectivity index (χ3n) is 4.70. The molecule has 8 heteroatoms. The van der Waals surface area contributed by atoms with Crippen LogP contribution in [0.5, 0.6) is 0 Å². The van der Waals surface area contributed by atoms with Crippen LogP contribution >= 0.6 is 0 Å². The summed E-state index contributed by atoms with van der Waals surface area (Å²) in [6, 6.07) is 2.02. The fourth-order valence-electron chi connectivity index (χ4n) is 3.51. The van der Waals surface area contributed by atoms with Gasteiger partial charge in [-0.1, -0.05) is 0 Å². The van der Waals surface area contributed by atoms with Crippen LogP contribution in [0, 0.1) is 17.6 Å². The Hall–Kier alpha value is -1.54. The number of carbonyl (C=O) groups is 1. The first-order valence-electron chi connectivity index (χ1n) is 8.02. The highest BCUT2D eigenvalue weighted by Gasteiger charge is 2.35. The molecule has 5 nitrogen and oxygen atoms in total. The van der Waals surface area contributed by atoms with E-state index in [0.29, 0.717) is 44.3 Å². The van der Waals surface area contributed by atoms with E-state index in [-0.39, 0.29) is 18.1 Å².